The first-order valence-electron chi connectivity index (χ1n) is 10.9. The van der Waals surface area contributed by atoms with Gasteiger partial charge < -0.3 is 0 Å². The van der Waals surface area contributed by atoms with E-state index in [1.165, 1.54) is 39.8 Å². The maximum Gasteiger partial charge on any atom is 0.00991 e. The summed E-state index contributed by atoms with van der Waals surface area (Å²) < 4.78 is 0. The zero-order valence-electron chi connectivity index (χ0n) is 17.1. The Labute approximate surface area is 179 Å². The monoisotopic (exact) mass is 386 g/mol. The Morgan fingerprint density at radius 1 is 0.533 bits per heavy atom. The molecule has 0 aromatic heterocycles. The van der Waals surface area contributed by atoms with E-state index in [9.17, 15) is 0 Å². The lowest BCUT2D eigenvalue weighted by molar-refractivity contribution is 0.554. The molecular weight excluding hydrogens is 360 g/mol. The van der Waals surface area contributed by atoms with Crippen LogP contribution in [-0.2, 0) is 0 Å². The second-order valence-electron chi connectivity index (χ2n) is 8.05. The molecule has 0 aliphatic heterocycles. The van der Waals surface area contributed by atoms with Crippen LogP contribution < -0.4 is 0 Å². The van der Waals surface area contributed by atoms with E-state index in [2.05, 4.69) is 121 Å². The first-order valence-corrected chi connectivity index (χ1v) is 10.9. The van der Waals surface area contributed by atoms with Gasteiger partial charge in [0.1, 0.15) is 0 Å². The molecular formula is C30H26. The average Bonchev–Trinajstić information content (AvgIpc) is 2.85. The normalized spacial score (nSPS) is 18.3. The third-order valence-corrected chi connectivity index (χ3v) is 6.26. The van der Waals surface area contributed by atoms with Gasteiger partial charge in [0.15, 0.2) is 0 Å². The molecule has 5 rings (SSSR count). The molecule has 0 saturated carbocycles. The number of allylic oxidation sites excluding steroid dienone is 2. The van der Waals surface area contributed by atoms with Gasteiger partial charge in [-0.1, -0.05) is 121 Å². The van der Waals surface area contributed by atoms with E-state index in [0.29, 0.717) is 11.8 Å². The van der Waals surface area contributed by atoms with Crippen LogP contribution >= 0.6 is 0 Å². The second-order valence-corrected chi connectivity index (χ2v) is 8.05. The first kappa shape index (κ1) is 18.6. The maximum atomic E-state index is 2.45. The van der Waals surface area contributed by atoms with Gasteiger partial charge in [0.2, 0.25) is 0 Å². The van der Waals surface area contributed by atoms with Crippen LogP contribution in [0.3, 0.4) is 0 Å². The summed E-state index contributed by atoms with van der Waals surface area (Å²) in [7, 11) is 0. The van der Waals surface area contributed by atoms with E-state index in [1.807, 2.05) is 0 Å². The summed E-state index contributed by atoms with van der Waals surface area (Å²) in [5, 5.41) is 0. The van der Waals surface area contributed by atoms with Crippen molar-refractivity contribution in [3.8, 4) is 22.3 Å². The Bertz CT molecular complexity index is 1070. The van der Waals surface area contributed by atoms with E-state index in [-0.39, 0.29) is 0 Å². The van der Waals surface area contributed by atoms with Gasteiger partial charge in [0.25, 0.3) is 0 Å². The first-order chi connectivity index (χ1) is 14.9. The van der Waals surface area contributed by atoms with Crippen LogP contribution in [0, 0.1) is 0 Å². The SMILES string of the molecule is C1=CC(c2c(-c3ccccc3)cccc2-c2ccccc2)C(c2ccccc2)CC1. The molecule has 0 spiro atoms. The Kier molecular flexibility index (Phi) is 5.31. The summed E-state index contributed by atoms with van der Waals surface area (Å²) in [6, 6.07) is 39.5. The summed E-state index contributed by atoms with van der Waals surface area (Å²) in [5.41, 5.74) is 8.14. The summed E-state index contributed by atoms with van der Waals surface area (Å²) in [5.74, 6) is 0.844. The minimum atomic E-state index is 0.354. The minimum absolute atomic E-state index is 0.354. The maximum absolute atomic E-state index is 2.45. The molecule has 0 radical (unpaired) electrons. The Hall–Kier alpha value is -3.38. The van der Waals surface area contributed by atoms with E-state index < -0.39 is 0 Å². The fourth-order valence-electron chi connectivity index (χ4n) is 4.87. The van der Waals surface area contributed by atoms with E-state index >= 15 is 0 Å². The van der Waals surface area contributed by atoms with Crippen molar-refractivity contribution in [3.05, 3.63) is 132 Å². The van der Waals surface area contributed by atoms with Gasteiger partial charge in [-0.05, 0) is 52.1 Å². The van der Waals surface area contributed by atoms with Gasteiger partial charge in [-0.3, -0.25) is 0 Å². The number of rotatable bonds is 4. The molecule has 0 fully saturated rings. The third-order valence-electron chi connectivity index (χ3n) is 6.26. The summed E-state index contributed by atoms with van der Waals surface area (Å²) in [6.07, 6.45) is 7.16. The molecule has 0 saturated heterocycles. The molecule has 0 amide bonds. The molecule has 1 aliphatic rings. The van der Waals surface area contributed by atoms with Crippen LogP contribution in [0.4, 0.5) is 0 Å². The molecule has 4 aromatic carbocycles. The quantitative estimate of drug-likeness (QED) is 0.310. The van der Waals surface area contributed by atoms with E-state index in [0.717, 1.165) is 6.42 Å². The standard InChI is InChI=1S/C30H26/c1-4-13-23(14-5-1)26-19-10-11-20-29(26)30-27(24-15-6-2-7-16-24)21-12-22-28(30)25-17-8-3-9-18-25/h1-9,11-18,20-22,26,29H,10,19H2. The summed E-state index contributed by atoms with van der Waals surface area (Å²) in [6.45, 7) is 0. The zero-order valence-corrected chi connectivity index (χ0v) is 17.1. The predicted molar refractivity (Wildman–Crippen MR) is 128 cm³/mol. The smallest absolute Gasteiger partial charge is 0.00991 e. The highest BCUT2D eigenvalue weighted by Crippen LogP contribution is 2.47. The lowest BCUT2D eigenvalue weighted by Gasteiger charge is -2.32. The fourth-order valence-corrected chi connectivity index (χ4v) is 4.87. The van der Waals surface area contributed by atoms with Crippen molar-refractivity contribution in [2.75, 3.05) is 0 Å². The largest absolute Gasteiger partial charge is 0.0879 e. The molecule has 0 heterocycles. The van der Waals surface area contributed by atoms with Gasteiger partial charge in [-0.15, -0.1) is 0 Å². The van der Waals surface area contributed by atoms with Gasteiger partial charge in [0.05, 0.1) is 0 Å². The molecule has 0 nitrogen and oxygen atoms in total. The van der Waals surface area contributed by atoms with Crippen molar-refractivity contribution in [1.82, 2.24) is 0 Å². The molecule has 1 aliphatic carbocycles. The molecule has 0 bridgehead atoms. The van der Waals surface area contributed by atoms with Crippen LogP contribution in [0.15, 0.2) is 121 Å². The summed E-state index contributed by atoms with van der Waals surface area (Å²) >= 11 is 0. The van der Waals surface area contributed by atoms with Crippen LogP contribution in [0.25, 0.3) is 22.3 Å². The second kappa shape index (κ2) is 8.55. The Morgan fingerprint density at radius 3 is 1.63 bits per heavy atom. The Morgan fingerprint density at radius 2 is 1.07 bits per heavy atom. The minimum Gasteiger partial charge on any atom is -0.0879 e. The number of benzene rings is 4. The molecule has 4 aromatic rings. The van der Waals surface area contributed by atoms with Crippen molar-refractivity contribution in [2.24, 2.45) is 0 Å². The zero-order chi connectivity index (χ0) is 20.2. The van der Waals surface area contributed by atoms with Crippen LogP contribution in [0.1, 0.15) is 35.8 Å². The summed E-state index contributed by atoms with van der Waals surface area (Å²) in [4.78, 5) is 0. The highest BCUT2D eigenvalue weighted by atomic mass is 14.3. The van der Waals surface area contributed by atoms with E-state index in [1.54, 1.807) is 0 Å². The Balaban J connectivity index is 1.74. The van der Waals surface area contributed by atoms with Crippen LogP contribution in [-0.4, -0.2) is 0 Å². The van der Waals surface area contributed by atoms with Gasteiger partial charge in [0, 0.05) is 5.92 Å². The van der Waals surface area contributed by atoms with Gasteiger partial charge >= 0.3 is 0 Å². The molecule has 2 atom stereocenters. The number of hydrogen-bond acceptors (Lipinski definition) is 0. The lowest BCUT2D eigenvalue weighted by Crippen LogP contribution is -2.14. The number of hydrogen-bond donors (Lipinski definition) is 0. The lowest BCUT2D eigenvalue weighted by atomic mass is 9.72. The predicted octanol–water partition coefficient (Wildman–Crippen LogP) is 8.24. The average molecular weight is 387 g/mol. The van der Waals surface area contributed by atoms with Crippen molar-refractivity contribution in [3.63, 3.8) is 0 Å². The van der Waals surface area contributed by atoms with Crippen LogP contribution in [0.2, 0.25) is 0 Å². The van der Waals surface area contributed by atoms with Crippen molar-refractivity contribution < 1.29 is 0 Å². The molecule has 30 heavy (non-hydrogen) atoms. The molecule has 0 heteroatoms. The van der Waals surface area contributed by atoms with Crippen molar-refractivity contribution in [1.29, 1.82) is 0 Å². The van der Waals surface area contributed by atoms with E-state index in [4.69, 9.17) is 0 Å². The molecule has 146 valence electrons. The third kappa shape index (κ3) is 3.62. The van der Waals surface area contributed by atoms with Gasteiger partial charge in [-0.2, -0.15) is 0 Å². The van der Waals surface area contributed by atoms with Gasteiger partial charge in [-0.25, -0.2) is 0 Å². The van der Waals surface area contributed by atoms with Crippen molar-refractivity contribution in [2.45, 2.75) is 24.7 Å². The van der Waals surface area contributed by atoms with Crippen molar-refractivity contribution >= 4 is 0 Å². The highest BCUT2D eigenvalue weighted by molar-refractivity contribution is 5.80. The molecule has 2 unspecified atom stereocenters. The molecule has 0 N–H and O–H groups in total. The highest BCUT2D eigenvalue weighted by Gasteiger charge is 2.29. The van der Waals surface area contributed by atoms with Crippen LogP contribution in [0.5, 0.6) is 0 Å². The topological polar surface area (TPSA) is 0 Å². The fraction of sp³-hybridized carbons (Fsp3) is 0.133.